The summed E-state index contributed by atoms with van der Waals surface area (Å²) in [5.74, 6) is 0.182. The fourth-order valence-corrected chi connectivity index (χ4v) is 1.31. The van der Waals surface area contributed by atoms with Gasteiger partial charge in [-0.25, -0.2) is 0 Å². The largest absolute Gasteiger partial charge is 0.345 e. The number of carbonyl (C=O) groups excluding carboxylic acids is 1. The van der Waals surface area contributed by atoms with Crippen LogP contribution < -0.4 is 0 Å². The smallest absolute Gasteiger partial charge is 0.242 e. The molecule has 1 aromatic heterocycles. The molecule has 0 fully saturated rings. The Bertz CT molecular complexity index is 250. The molecule has 0 radical (unpaired) electrons. The van der Waals surface area contributed by atoms with Crippen LogP contribution in [0.3, 0.4) is 0 Å². The van der Waals surface area contributed by atoms with Gasteiger partial charge in [0.15, 0.2) is 0 Å². The van der Waals surface area contributed by atoms with Crippen molar-refractivity contribution in [3.63, 3.8) is 0 Å². The van der Waals surface area contributed by atoms with Gasteiger partial charge in [-0.3, -0.25) is 4.79 Å². The topological polar surface area (TPSA) is 25.2 Å². The van der Waals surface area contributed by atoms with Gasteiger partial charge in [0, 0.05) is 25.5 Å². The van der Waals surface area contributed by atoms with Crippen LogP contribution in [0.4, 0.5) is 0 Å². The Hall–Kier alpha value is -1.25. The number of likely N-dealkylation sites (N-methyl/N-ethyl adjacent to an activating group) is 1. The number of nitrogens with zero attached hydrogens (tertiary/aromatic N) is 2. The van der Waals surface area contributed by atoms with E-state index in [1.165, 1.54) is 0 Å². The zero-order chi connectivity index (χ0) is 9.68. The molecule has 72 valence electrons. The lowest BCUT2D eigenvalue weighted by molar-refractivity contribution is -0.131. The highest BCUT2D eigenvalue weighted by atomic mass is 16.2. The molecule has 1 aromatic rings. The zero-order valence-corrected chi connectivity index (χ0v) is 8.23. The third-order valence-electron chi connectivity index (χ3n) is 2.10. The van der Waals surface area contributed by atoms with Gasteiger partial charge < -0.3 is 9.47 Å². The fourth-order valence-electron chi connectivity index (χ4n) is 1.31. The summed E-state index contributed by atoms with van der Waals surface area (Å²) in [6, 6.07) is 3.85. The van der Waals surface area contributed by atoms with E-state index in [-0.39, 0.29) is 5.91 Å². The van der Waals surface area contributed by atoms with E-state index < -0.39 is 0 Å². The molecule has 1 rings (SSSR count). The zero-order valence-electron chi connectivity index (χ0n) is 8.23. The summed E-state index contributed by atoms with van der Waals surface area (Å²) in [5.41, 5.74) is 0. The first-order chi connectivity index (χ1) is 6.27. The first-order valence-electron chi connectivity index (χ1n) is 4.66. The molecule has 0 saturated carbocycles. The number of rotatable bonds is 4. The molecular weight excluding hydrogens is 164 g/mol. The van der Waals surface area contributed by atoms with Crippen molar-refractivity contribution in [3.8, 4) is 0 Å². The number of amides is 1. The molecule has 13 heavy (non-hydrogen) atoms. The monoisotopic (exact) mass is 180 g/mol. The SMILES string of the molecule is CCN(CC)C(=O)Cn1cccc1. The summed E-state index contributed by atoms with van der Waals surface area (Å²) < 4.78 is 1.89. The number of hydrogen-bond donors (Lipinski definition) is 0. The maximum absolute atomic E-state index is 11.6. The standard InChI is InChI=1S/C10H16N2O/c1-3-12(4-2)10(13)9-11-7-5-6-8-11/h5-8H,3-4,9H2,1-2H3. The van der Waals surface area contributed by atoms with Crippen LogP contribution in [0.2, 0.25) is 0 Å². The normalized spacial score (nSPS) is 10.0. The Labute approximate surface area is 79.0 Å². The van der Waals surface area contributed by atoms with E-state index in [2.05, 4.69) is 0 Å². The van der Waals surface area contributed by atoms with Gasteiger partial charge in [-0.1, -0.05) is 0 Å². The van der Waals surface area contributed by atoms with Crippen LogP contribution >= 0.6 is 0 Å². The highest BCUT2D eigenvalue weighted by molar-refractivity contribution is 5.75. The summed E-state index contributed by atoms with van der Waals surface area (Å²) in [5, 5.41) is 0. The lowest BCUT2D eigenvalue weighted by Crippen LogP contribution is -2.33. The highest BCUT2D eigenvalue weighted by Gasteiger charge is 2.08. The van der Waals surface area contributed by atoms with Gasteiger partial charge in [0.25, 0.3) is 0 Å². The quantitative estimate of drug-likeness (QED) is 0.686. The predicted molar refractivity (Wildman–Crippen MR) is 52.4 cm³/mol. The number of carbonyl (C=O) groups is 1. The van der Waals surface area contributed by atoms with Gasteiger partial charge in [0.05, 0.1) is 0 Å². The van der Waals surface area contributed by atoms with Crippen molar-refractivity contribution in [2.45, 2.75) is 20.4 Å². The van der Waals surface area contributed by atoms with E-state index in [0.717, 1.165) is 13.1 Å². The van der Waals surface area contributed by atoms with E-state index in [9.17, 15) is 4.79 Å². The molecular formula is C10H16N2O. The van der Waals surface area contributed by atoms with Crippen LogP contribution in [0.25, 0.3) is 0 Å². The minimum atomic E-state index is 0.182. The summed E-state index contributed by atoms with van der Waals surface area (Å²) >= 11 is 0. The van der Waals surface area contributed by atoms with Crippen molar-refractivity contribution in [1.29, 1.82) is 0 Å². The Morgan fingerprint density at radius 1 is 1.23 bits per heavy atom. The molecule has 0 bridgehead atoms. The summed E-state index contributed by atoms with van der Waals surface area (Å²) in [6.07, 6.45) is 3.81. The third kappa shape index (κ3) is 2.61. The van der Waals surface area contributed by atoms with Crippen LogP contribution in [0.1, 0.15) is 13.8 Å². The molecule has 0 unspecified atom stereocenters. The first kappa shape index (κ1) is 9.84. The minimum Gasteiger partial charge on any atom is -0.345 e. The Kier molecular flexibility index (Phi) is 3.55. The van der Waals surface area contributed by atoms with Crippen molar-refractivity contribution in [1.82, 2.24) is 9.47 Å². The van der Waals surface area contributed by atoms with Crippen LogP contribution in [-0.4, -0.2) is 28.5 Å². The molecule has 3 heteroatoms. The van der Waals surface area contributed by atoms with Crippen LogP contribution in [-0.2, 0) is 11.3 Å². The van der Waals surface area contributed by atoms with Crippen molar-refractivity contribution in [3.05, 3.63) is 24.5 Å². The maximum atomic E-state index is 11.6. The van der Waals surface area contributed by atoms with Crippen LogP contribution in [0.5, 0.6) is 0 Å². The van der Waals surface area contributed by atoms with Gasteiger partial charge in [0.2, 0.25) is 5.91 Å². The molecule has 1 heterocycles. The van der Waals surface area contributed by atoms with Gasteiger partial charge >= 0.3 is 0 Å². The fraction of sp³-hybridized carbons (Fsp3) is 0.500. The second-order valence-corrected chi connectivity index (χ2v) is 2.92. The highest BCUT2D eigenvalue weighted by Crippen LogP contribution is 1.95. The van der Waals surface area contributed by atoms with Gasteiger partial charge in [0.1, 0.15) is 6.54 Å². The lowest BCUT2D eigenvalue weighted by atomic mass is 10.4. The number of aromatic nitrogens is 1. The van der Waals surface area contributed by atoms with Crippen molar-refractivity contribution >= 4 is 5.91 Å². The molecule has 0 saturated heterocycles. The molecule has 1 amide bonds. The Balaban J connectivity index is 2.49. The molecule has 3 nitrogen and oxygen atoms in total. The van der Waals surface area contributed by atoms with Crippen molar-refractivity contribution in [2.24, 2.45) is 0 Å². The van der Waals surface area contributed by atoms with E-state index in [0.29, 0.717) is 6.54 Å². The van der Waals surface area contributed by atoms with Crippen molar-refractivity contribution in [2.75, 3.05) is 13.1 Å². The van der Waals surface area contributed by atoms with E-state index >= 15 is 0 Å². The van der Waals surface area contributed by atoms with E-state index in [4.69, 9.17) is 0 Å². The average Bonchev–Trinajstić information content (AvgIpc) is 2.59. The second-order valence-electron chi connectivity index (χ2n) is 2.92. The third-order valence-corrected chi connectivity index (χ3v) is 2.10. The summed E-state index contributed by atoms with van der Waals surface area (Å²) in [7, 11) is 0. The first-order valence-corrected chi connectivity index (χ1v) is 4.66. The maximum Gasteiger partial charge on any atom is 0.242 e. The summed E-state index contributed by atoms with van der Waals surface area (Å²) in [4.78, 5) is 13.4. The predicted octanol–water partition coefficient (Wildman–Crippen LogP) is 1.36. The molecule has 0 aliphatic rings. The molecule has 0 aromatic carbocycles. The van der Waals surface area contributed by atoms with Crippen molar-refractivity contribution < 1.29 is 4.79 Å². The van der Waals surface area contributed by atoms with Gasteiger partial charge in [-0.15, -0.1) is 0 Å². The van der Waals surface area contributed by atoms with Crippen LogP contribution in [0.15, 0.2) is 24.5 Å². The molecule has 0 N–H and O–H groups in total. The van der Waals surface area contributed by atoms with Crippen LogP contribution in [0, 0.1) is 0 Å². The van der Waals surface area contributed by atoms with Gasteiger partial charge in [-0.05, 0) is 26.0 Å². The summed E-state index contributed by atoms with van der Waals surface area (Å²) in [6.45, 7) is 6.02. The average molecular weight is 180 g/mol. The molecule has 0 atom stereocenters. The Morgan fingerprint density at radius 2 is 1.77 bits per heavy atom. The molecule has 0 aliphatic heterocycles. The van der Waals surface area contributed by atoms with E-state index in [1.54, 1.807) is 0 Å². The van der Waals surface area contributed by atoms with E-state index in [1.807, 2.05) is 47.8 Å². The second kappa shape index (κ2) is 4.70. The Morgan fingerprint density at radius 3 is 2.23 bits per heavy atom. The minimum absolute atomic E-state index is 0.182. The van der Waals surface area contributed by atoms with Gasteiger partial charge in [-0.2, -0.15) is 0 Å². The molecule has 0 spiro atoms. The lowest BCUT2D eigenvalue weighted by Gasteiger charge is -2.18. The number of hydrogen-bond acceptors (Lipinski definition) is 1. The molecule has 0 aliphatic carbocycles.